The van der Waals surface area contributed by atoms with Gasteiger partial charge in [0.2, 0.25) is 0 Å². The van der Waals surface area contributed by atoms with Gasteiger partial charge in [0.15, 0.2) is 6.29 Å². The Labute approximate surface area is 122 Å². The van der Waals surface area contributed by atoms with E-state index < -0.39 is 0 Å². The molecule has 0 amide bonds. The molecule has 3 rings (SSSR count). The smallest absolute Gasteiger partial charge is 0.152 e. The van der Waals surface area contributed by atoms with Crippen molar-refractivity contribution >= 4 is 27.9 Å². The third kappa shape index (κ3) is 2.70. The second-order valence-corrected chi connectivity index (χ2v) is 6.37. The zero-order valence-corrected chi connectivity index (χ0v) is 12.6. The molecule has 3 nitrogen and oxygen atoms in total. The van der Waals surface area contributed by atoms with Crippen molar-refractivity contribution in [3.63, 3.8) is 0 Å². The number of carbonyl (C=O) groups is 1. The van der Waals surface area contributed by atoms with Crippen LogP contribution in [0.15, 0.2) is 22.7 Å². The van der Waals surface area contributed by atoms with E-state index in [1.165, 1.54) is 32.4 Å². The van der Waals surface area contributed by atoms with Gasteiger partial charge >= 0.3 is 0 Å². The second-order valence-electron chi connectivity index (χ2n) is 5.45. The van der Waals surface area contributed by atoms with E-state index in [1.54, 1.807) is 0 Å². The molecule has 0 bridgehead atoms. The van der Waals surface area contributed by atoms with Gasteiger partial charge in [0.05, 0.1) is 0 Å². The molecule has 1 aromatic rings. The highest BCUT2D eigenvalue weighted by Crippen LogP contribution is 2.29. The van der Waals surface area contributed by atoms with Crippen LogP contribution in [0.4, 0.5) is 5.69 Å². The number of anilines is 1. The molecule has 2 fully saturated rings. The maximum atomic E-state index is 11.2. The molecular weight excluding hydrogens is 304 g/mol. The lowest BCUT2D eigenvalue weighted by Crippen LogP contribution is -2.35. The lowest BCUT2D eigenvalue weighted by Gasteiger charge is -2.25. The summed E-state index contributed by atoms with van der Waals surface area (Å²) in [5, 5.41) is 0. The highest BCUT2D eigenvalue weighted by molar-refractivity contribution is 9.10. The first kappa shape index (κ1) is 13.1. The molecule has 0 radical (unpaired) electrons. The molecule has 102 valence electrons. The Kier molecular flexibility index (Phi) is 3.89. The van der Waals surface area contributed by atoms with Crippen molar-refractivity contribution in [1.29, 1.82) is 0 Å². The summed E-state index contributed by atoms with van der Waals surface area (Å²) < 4.78 is 1.04. The topological polar surface area (TPSA) is 23.6 Å². The Hall–Kier alpha value is -0.870. The number of nitrogens with zero attached hydrogens (tertiary/aromatic N) is 2. The summed E-state index contributed by atoms with van der Waals surface area (Å²) in [6.45, 7) is 4.60. The molecule has 4 heteroatoms. The van der Waals surface area contributed by atoms with Gasteiger partial charge in [-0.25, -0.2) is 0 Å². The number of carbonyl (C=O) groups excluding carboxylic acids is 1. The van der Waals surface area contributed by atoms with Crippen LogP contribution in [0, 0.1) is 0 Å². The van der Waals surface area contributed by atoms with Gasteiger partial charge in [-0.2, -0.15) is 0 Å². The molecule has 2 heterocycles. The van der Waals surface area contributed by atoms with Gasteiger partial charge in [0, 0.05) is 34.9 Å². The maximum Gasteiger partial charge on any atom is 0.152 e. The van der Waals surface area contributed by atoms with Crippen LogP contribution in [0.1, 0.15) is 29.6 Å². The molecule has 1 aromatic carbocycles. The van der Waals surface area contributed by atoms with E-state index in [0.717, 1.165) is 35.1 Å². The van der Waals surface area contributed by atoms with Crippen molar-refractivity contribution in [1.82, 2.24) is 4.90 Å². The highest BCUT2D eigenvalue weighted by Gasteiger charge is 2.30. The zero-order chi connectivity index (χ0) is 13.2. The molecule has 0 aliphatic carbocycles. The largest absolute Gasteiger partial charge is 0.369 e. The maximum absolute atomic E-state index is 11.2. The molecule has 0 aromatic heterocycles. The van der Waals surface area contributed by atoms with Crippen molar-refractivity contribution in [3.05, 3.63) is 28.2 Å². The molecular formula is C15H19BrN2O. The molecule has 0 spiro atoms. The minimum Gasteiger partial charge on any atom is -0.369 e. The van der Waals surface area contributed by atoms with Gasteiger partial charge in [0.25, 0.3) is 0 Å². The van der Waals surface area contributed by atoms with Crippen LogP contribution in [-0.2, 0) is 0 Å². The van der Waals surface area contributed by atoms with Crippen molar-refractivity contribution in [2.75, 3.05) is 31.1 Å². The molecule has 1 unspecified atom stereocenters. The Morgan fingerprint density at radius 1 is 1.21 bits per heavy atom. The fourth-order valence-corrected chi connectivity index (χ4v) is 3.60. The highest BCUT2D eigenvalue weighted by atomic mass is 79.9. The fourth-order valence-electron chi connectivity index (χ4n) is 3.26. The van der Waals surface area contributed by atoms with Crippen molar-refractivity contribution < 1.29 is 4.79 Å². The Balaban J connectivity index is 1.76. The van der Waals surface area contributed by atoms with Crippen LogP contribution in [0.25, 0.3) is 0 Å². The number of rotatable bonds is 3. The van der Waals surface area contributed by atoms with Crippen LogP contribution in [0.5, 0.6) is 0 Å². The number of hydrogen-bond acceptors (Lipinski definition) is 3. The molecule has 19 heavy (non-hydrogen) atoms. The van der Waals surface area contributed by atoms with Gasteiger partial charge < -0.3 is 4.90 Å². The number of aldehydes is 1. The quantitative estimate of drug-likeness (QED) is 0.799. The lowest BCUT2D eigenvalue weighted by molar-refractivity contribution is 0.112. The first-order chi connectivity index (χ1) is 9.28. The van der Waals surface area contributed by atoms with E-state index in [-0.39, 0.29) is 0 Å². The molecule has 2 saturated heterocycles. The minimum absolute atomic E-state index is 0.668. The number of hydrogen-bond donors (Lipinski definition) is 0. The summed E-state index contributed by atoms with van der Waals surface area (Å²) in [4.78, 5) is 16.1. The van der Waals surface area contributed by atoms with E-state index in [1.807, 2.05) is 12.1 Å². The minimum atomic E-state index is 0.668. The van der Waals surface area contributed by atoms with E-state index in [9.17, 15) is 4.79 Å². The average molecular weight is 323 g/mol. The predicted octanol–water partition coefficient (Wildman–Crippen LogP) is 2.94. The Bertz CT molecular complexity index is 471. The van der Waals surface area contributed by atoms with Gasteiger partial charge in [-0.3, -0.25) is 9.69 Å². The normalized spacial score (nSPS) is 24.1. The molecule has 2 aliphatic rings. The Morgan fingerprint density at radius 3 is 2.74 bits per heavy atom. The SMILES string of the molecule is O=Cc1ccc(Br)cc1N1CCC(N2CCCC2)C1. The molecule has 0 saturated carbocycles. The second kappa shape index (κ2) is 5.63. The molecule has 1 atom stereocenters. The van der Waals surface area contributed by atoms with Crippen molar-refractivity contribution in [2.24, 2.45) is 0 Å². The standard InChI is InChI=1S/C15H19BrN2O/c16-13-4-3-12(11-19)15(9-13)18-8-5-14(10-18)17-6-1-2-7-17/h3-4,9,11,14H,1-2,5-8,10H2. The van der Waals surface area contributed by atoms with Gasteiger partial charge in [-0.05, 0) is 50.6 Å². The molecule has 2 aliphatic heterocycles. The Morgan fingerprint density at radius 2 is 2.00 bits per heavy atom. The number of benzene rings is 1. The van der Waals surface area contributed by atoms with E-state index in [2.05, 4.69) is 31.8 Å². The van der Waals surface area contributed by atoms with Crippen LogP contribution < -0.4 is 4.90 Å². The first-order valence-electron chi connectivity index (χ1n) is 7.01. The van der Waals surface area contributed by atoms with E-state index >= 15 is 0 Å². The number of halogens is 1. The summed E-state index contributed by atoms with van der Waals surface area (Å²) in [6.07, 6.45) is 4.86. The zero-order valence-electron chi connectivity index (χ0n) is 11.0. The summed E-state index contributed by atoms with van der Waals surface area (Å²) in [6, 6.07) is 6.56. The van der Waals surface area contributed by atoms with Crippen LogP contribution in [-0.4, -0.2) is 43.4 Å². The lowest BCUT2D eigenvalue weighted by atomic mass is 10.2. The van der Waals surface area contributed by atoms with E-state index in [4.69, 9.17) is 0 Å². The van der Waals surface area contributed by atoms with Gasteiger partial charge in [-0.15, -0.1) is 0 Å². The summed E-state index contributed by atoms with van der Waals surface area (Å²) >= 11 is 3.50. The van der Waals surface area contributed by atoms with Crippen LogP contribution in [0.2, 0.25) is 0 Å². The van der Waals surface area contributed by atoms with Gasteiger partial charge in [0.1, 0.15) is 0 Å². The first-order valence-corrected chi connectivity index (χ1v) is 7.81. The van der Waals surface area contributed by atoms with Crippen molar-refractivity contribution in [2.45, 2.75) is 25.3 Å². The fraction of sp³-hybridized carbons (Fsp3) is 0.533. The van der Waals surface area contributed by atoms with Crippen molar-refractivity contribution in [3.8, 4) is 0 Å². The summed E-state index contributed by atoms with van der Waals surface area (Å²) in [5.74, 6) is 0. The van der Waals surface area contributed by atoms with Crippen LogP contribution >= 0.6 is 15.9 Å². The summed E-state index contributed by atoms with van der Waals surface area (Å²) in [7, 11) is 0. The van der Waals surface area contributed by atoms with E-state index in [0.29, 0.717) is 6.04 Å². The monoisotopic (exact) mass is 322 g/mol. The predicted molar refractivity (Wildman–Crippen MR) is 81.0 cm³/mol. The molecule has 0 N–H and O–H groups in total. The third-order valence-electron chi connectivity index (χ3n) is 4.28. The van der Waals surface area contributed by atoms with Crippen LogP contribution in [0.3, 0.4) is 0 Å². The summed E-state index contributed by atoms with van der Waals surface area (Å²) in [5.41, 5.74) is 1.87. The van der Waals surface area contributed by atoms with Gasteiger partial charge in [-0.1, -0.05) is 15.9 Å². The number of likely N-dealkylation sites (tertiary alicyclic amines) is 1. The average Bonchev–Trinajstić information content (AvgIpc) is 3.09. The third-order valence-corrected chi connectivity index (χ3v) is 4.77.